The summed E-state index contributed by atoms with van der Waals surface area (Å²) in [5.41, 5.74) is 3.00. The van der Waals surface area contributed by atoms with Gasteiger partial charge < -0.3 is 14.2 Å². The van der Waals surface area contributed by atoms with Crippen LogP contribution in [0, 0.1) is 0 Å². The fourth-order valence-corrected chi connectivity index (χ4v) is 4.71. The number of hydrogen-bond donors (Lipinski definition) is 0. The molecule has 174 valence electrons. The van der Waals surface area contributed by atoms with Crippen LogP contribution in [0.4, 0.5) is 0 Å². The predicted octanol–water partition coefficient (Wildman–Crippen LogP) is 5.37. The fourth-order valence-electron chi connectivity index (χ4n) is 4.71. The van der Waals surface area contributed by atoms with Crippen molar-refractivity contribution >= 4 is 16.9 Å². The highest BCUT2D eigenvalue weighted by Gasteiger charge is 2.42. The molecule has 1 aliphatic rings. The first-order valence-electron chi connectivity index (χ1n) is 12.0. The largest absolute Gasteiger partial charge is 0.450 e. The molecule has 0 unspecified atom stereocenters. The molecule has 33 heavy (non-hydrogen) atoms. The zero-order chi connectivity index (χ0) is 23.8. The second kappa shape index (κ2) is 9.14. The van der Waals surface area contributed by atoms with Crippen LogP contribution in [0.25, 0.3) is 11.0 Å². The minimum absolute atomic E-state index is 0.0284. The molecule has 1 aliphatic heterocycles. The average molecular weight is 447 g/mol. The normalized spacial score (nSPS) is 16.1. The lowest BCUT2D eigenvalue weighted by molar-refractivity contribution is 0.0720. The van der Waals surface area contributed by atoms with Crippen molar-refractivity contribution in [3.05, 3.63) is 81.2 Å². The van der Waals surface area contributed by atoms with Gasteiger partial charge in [-0.25, -0.2) is 0 Å². The zero-order valence-corrected chi connectivity index (χ0v) is 20.4. The molecule has 4 rings (SSSR count). The first-order valence-corrected chi connectivity index (χ1v) is 12.0. The second-order valence-corrected chi connectivity index (χ2v) is 9.82. The van der Waals surface area contributed by atoms with Gasteiger partial charge in [-0.3, -0.25) is 9.59 Å². The van der Waals surface area contributed by atoms with Crippen molar-refractivity contribution in [3.63, 3.8) is 0 Å². The zero-order valence-electron chi connectivity index (χ0n) is 20.4. The minimum Gasteiger partial charge on any atom is -0.450 e. The van der Waals surface area contributed by atoms with E-state index in [1.54, 1.807) is 12.1 Å². The lowest BCUT2D eigenvalue weighted by atomic mass is 9.86. The van der Waals surface area contributed by atoms with Crippen molar-refractivity contribution in [2.24, 2.45) is 0 Å². The maximum atomic E-state index is 13.5. The summed E-state index contributed by atoms with van der Waals surface area (Å²) in [6.07, 6.45) is 0.839. The first-order chi connectivity index (χ1) is 15.8. The van der Waals surface area contributed by atoms with E-state index >= 15 is 0 Å². The molecule has 0 aliphatic carbocycles. The van der Waals surface area contributed by atoms with Crippen LogP contribution in [0.1, 0.15) is 74.3 Å². The van der Waals surface area contributed by atoms with Crippen LogP contribution in [0.15, 0.2) is 57.7 Å². The number of carbonyl (C=O) groups is 1. The number of para-hydroxylation sites is 1. The molecule has 5 nitrogen and oxygen atoms in total. The highest BCUT2D eigenvalue weighted by molar-refractivity contribution is 5.99. The summed E-state index contributed by atoms with van der Waals surface area (Å²) in [6, 6.07) is 15.1. The molecular formula is C28H34N2O3. The van der Waals surface area contributed by atoms with Gasteiger partial charge in [-0.15, -0.1) is 0 Å². The van der Waals surface area contributed by atoms with Gasteiger partial charge in [0.25, 0.3) is 5.91 Å². The molecule has 0 saturated heterocycles. The van der Waals surface area contributed by atoms with E-state index in [-0.39, 0.29) is 22.5 Å². The summed E-state index contributed by atoms with van der Waals surface area (Å²) in [5, 5.41) is 0.519. The molecule has 1 aromatic heterocycles. The molecule has 0 radical (unpaired) electrons. The maximum absolute atomic E-state index is 13.5. The van der Waals surface area contributed by atoms with E-state index in [9.17, 15) is 9.59 Å². The Labute approximate surface area is 196 Å². The molecule has 0 bridgehead atoms. The van der Waals surface area contributed by atoms with E-state index in [0.29, 0.717) is 23.1 Å². The molecular weight excluding hydrogens is 412 g/mol. The van der Waals surface area contributed by atoms with E-state index < -0.39 is 6.04 Å². The van der Waals surface area contributed by atoms with Gasteiger partial charge in [0, 0.05) is 6.54 Å². The van der Waals surface area contributed by atoms with Gasteiger partial charge in [0.1, 0.15) is 5.58 Å². The molecule has 1 atom stereocenters. The molecule has 3 aromatic rings. The average Bonchev–Trinajstić information content (AvgIpc) is 3.08. The van der Waals surface area contributed by atoms with Crippen molar-refractivity contribution in [1.29, 1.82) is 0 Å². The fraction of sp³-hybridized carbons (Fsp3) is 0.429. The highest BCUT2D eigenvalue weighted by atomic mass is 16.3. The Hall–Kier alpha value is -2.92. The van der Waals surface area contributed by atoms with Crippen LogP contribution in [-0.4, -0.2) is 41.9 Å². The van der Waals surface area contributed by atoms with Gasteiger partial charge in [-0.05, 0) is 54.7 Å². The smallest absolute Gasteiger partial charge is 0.290 e. The number of benzene rings is 2. The lowest BCUT2D eigenvalue weighted by Gasteiger charge is -2.27. The summed E-state index contributed by atoms with van der Waals surface area (Å²) in [6.45, 7) is 14.3. The minimum atomic E-state index is -0.431. The summed E-state index contributed by atoms with van der Waals surface area (Å²) < 4.78 is 6.03. The number of hydrogen-bond acceptors (Lipinski definition) is 4. The number of nitrogens with zero attached hydrogens (tertiary/aromatic N) is 2. The van der Waals surface area contributed by atoms with Gasteiger partial charge in [-0.1, -0.05) is 71.0 Å². The predicted molar refractivity (Wildman–Crippen MR) is 133 cm³/mol. The van der Waals surface area contributed by atoms with Crippen molar-refractivity contribution in [2.75, 3.05) is 26.2 Å². The molecule has 0 spiro atoms. The van der Waals surface area contributed by atoms with E-state index in [0.717, 1.165) is 31.6 Å². The number of rotatable bonds is 7. The topological polar surface area (TPSA) is 53.8 Å². The van der Waals surface area contributed by atoms with Crippen molar-refractivity contribution < 1.29 is 9.21 Å². The molecule has 1 amide bonds. The number of carbonyl (C=O) groups excluding carboxylic acids is 1. The van der Waals surface area contributed by atoms with Crippen LogP contribution in [-0.2, 0) is 5.41 Å². The Morgan fingerprint density at radius 2 is 1.64 bits per heavy atom. The molecule has 5 heteroatoms. The van der Waals surface area contributed by atoms with Crippen LogP contribution < -0.4 is 5.43 Å². The first kappa shape index (κ1) is 23.2. The van der Waals surface area contributed by atoms with Gasteiger partial charge >= 0.3 is 0 Å². The maximum Gasteiger partial charge on any atom is 0.290 e. The Morgan fingerprint density at radius 1 is 0.970 bits per heavy atom. The van der Waals surface area contributed by atoms with Crippen molar-refractivity contribution in [2.45, 2.75) is 52.5 Å². The molecule has 2 aromatic carbocycles. The van der Waals surface area contributed by atoms with E-state index in [1.807, 2.05) is 17.0 Å². The molecule has 0 fully saturated rings. The quantitative estimate of drug-likeness (QED) is 0.490. The Morgan fingerprint density at radius 3 is 2.27 bits per heavy atom. The standard InChI is InChI=1S/C28H34N2O3/c1-6-29(7-2)17-10-18-30-24(19-13-15-20(16-14-19)28(3,4)5)23-25(31)21-11-8-9-12-22(21)33-26(23)27(30)32/h8-9,11-16,24H,6-7,10,17-18H2,1-5H3/t24-/m1/s1. The van der Waals surface area contributed by atoms with Crippen LogP contribution in [0.5, 0.6) is 0 Å². The van der Waals surface area contributed by atoms with Crippen LogP contribution >= 0.6 is 0 Å². The summed E-state index contributed by atoms with van der Waals surface area (Å²) in [4.78, 5) is 31.2. The summed E-state index contributed by atoms with van der Waals surface area (Å²) >= 11 is 0. The van der Waals surface area contributed by atoms with Crippen molar-refractivity contribution in [1.82, 2.24) is 9.80 Å². The Balaban J connectivity index is 1.78. The second-order valence-electron chi connectivity index (χ2n) is 9.82. The molecule has 0 saturated carbocycles. The number of fused-ring (bicyclic) bond motifs is 2. The summed E-state index contributed by atoms with van der Waals surface area (Å²) in [7, 11) is 0. The van der Waals surface area contributed by atoms with Gasteiger partial charge in [0.2, 0.25) is 5.76 Å². The van der Waals surface area contributed by atoms with Crippen LogP contribution in [0.3, 0.4) is 0 Å². The van der Waals surface area contributed by atoms with Gasteiger partial charge in [-0.2, -0.15) is 0 Å². The highest BCUT2D eigenvalue weighted by Crippen LogP contribution is 2.38. The van der Waals surface area contributed by atoms with E-state index in [4.69, 9.17) is 4.42 Å². The SMILES string of the molecule is CCN(CC)CCCN1C(=O)c2oc3ccccc3c(=O)c2[C@H]1c1ccc(C(C)(C)C)cc1. The Bertz CT molecular complexity index is 1200. The van der Waals surface area contributed by atoms with E-state index in [1.165, 1.54) is 5.56 Å². The molecule has 0 N–H and O–H groups in total. The lowest BCUT2D eigenvalue weighted by Crippen LogP contribution is -2.33. The van der Waals surface area contributed by atoms with Gasteiger partial charge in [0.15, 0.2) is 5.43 Å². The third kappa shape index (κ3) is 4.34. The van der Waals surface area contributed by atoms with Gasteiger partial charge in [0.05, 0.1) is 17.0 Å². The Kier molecular flexibility index (Phi) is 6.44. The summed E-state index contributed by atoms with van der Waals surface area (Å²) in [5.74, 6) is -0.0104. The van der Waals surface area contributed by atoms with Crippen LogP contribution in [0.2, 0.25) is 0 Å². The molecule has 2 heterocycles. The third-order valence-corrected chi connectivity index (χ3v) is 6.73. The monoisotopic (exact) mass is 446 g/mol. The number of amides is 1. The third-order valence-electron chi connectivity index (χ3n) is 6.73. The van der Waals surface area contributed by atoms with E-state index in [2.05, 4.69) is 63.8 Å². The van der Waals surface area contributed by atoms with Crippen molar-refractivity contribution in [3.8, 4) is 0 Å².